The van der Waals surface area contributed by atoms with Gasteiger partial charge in [-0.15, -0.1) is 12.4 Å². The molecular formula is C13H24ClF2N3O2. The zero-order chi connectivity index (χ0) is 14.4. The molecule has 2 saturated heterocycles. The van der Waals surface area contributed by atoms with E-state index in [-0.39, 0.29) is 24.4 Å². The van der Waals surface area contributed by atoms with Crippen molar-refractivity contribution >= 4 is 18.3 Å². The number of nitrogens with one attached hydrogen (secondary N) is 1. The van der Waals surface area contributed by atoms with Gasteiger partial charge in [-0.2, -0.15) is 0 Å². The lowest BCUT2D eigenvalue weighted by Gasteiger charge is -2.41. The van der Waals surface area contributed by atoms with Crippen LogP contribution in [-0.4, -0.2) is 80.7 Å². The van der Waals surface area contributed by atoms with Crippen LogP contribution >= 0.6 is 12.4 Å². The van der Waals surface area contributed by atoms with Crippen molar-refractivity contribution in [2.75, 3.05) is 52.5 Å². The number of carbonyl (C=O) groups excluding carboxylic acids is 1. The Morgan fingerprint density at radius 2 is 2.19 bits per heavy atom. The molecule has 5 nitrogen and oxygen atoms in total. The predicted octanol–water partition coefficient (Wildman–Crippen LogP) is 0.586. The van der Waals surface area contributed by atoms with Gasteiger partial charge < -0.3 is 15.0 Å². The van der Waals surface area contributed by atoms with E-state index in [4.69, 9.17) is 4.74 Å². The molecule has 0 aromatic rings. The van der Waals surface area contributed by atoms with E-state index in [0.717, 1.165) is 39.0 Å². The van der Waals surface area contributed by atoms with E-state index in [1.165, 1.54) is 0 Å². The average molecular weight is 328 g/mol. The minimum Gasteiger partial charge on any atom is -0.374 e. The van der Waals surface area contributed by atoms with Gasteiger partial charge in [0.15, 0.2) is 0 Å². The molecular weight excluding hydrogens is 304 g/mol. The van der Waals surface area contributed by atoms with Gasteiger partial charge in [-0.25, -0.2) is 8.78 Å². The van der Waals surface area contributed by atoms with E-state index in [2.05, 4.69) is 10.2 Å². The zero-order valence-electron chi connectivity index (χ0n) is 12.1. The molecule has 0 aromatic carbocycles. The number of nitrogens with zero attached hydrogens (tertiary/aromatic N) is 2. The summed E-state index contributed by atoms with van der Waals surface area (Å²) < 4.78 is 28.8. The number of rotatable bonds is 6. The van der Waals surface area contributed by atoms with Gasteiger partial charge in [0.2, 0.25) is 5.91 Å². The van der Waals surface area contributed by atoms with Gasteiger partial charge in [0, 0.05) is 32.2 Å². The van der Waals surface area contributed by atoms with Crippen molar-refractivity contribution in [2.45, 2.75) is 25.3 Å². The summed E-state index contributed by atoms with van der Waals surface area (Å²) in [6.45, 7) is 4.30. The molecule has 2 aliphatic rings. The van der Waals surface area contributed by atoms with Gasteiger partial charge in [-0.3, -0.25) is 9.69 Å². The number of alkyl halides is 2. The van der Waals surface area contributed by atoms with Crippen molar-refractivity contribution in [1.29, 1.82) is 0 Å². The Labute approximate surface area is 130 Å². The Morgan fingerprint density at radius 1 is 1.38 bits per heavy atom. The van der Waals surface area contributed by atoms with Gasteiger partial charge >= 0.3 is 0 Å². The quantitative estimate of drug-likeness (QED) is 0.725. The highest BCUT2D eigenvalue weighted by Crippen LogP contribution is 2.16. The van der Waals surface area contributed by atoms with Crippen molar-refractivity contribution < 1.29 is 18.3 Å². The number of amides is 1. The molecule has 2 aliphatic heterocycles. The first kappa shape index (κ1) is 18.5. The van der Waals surface area contributed by atoms with Gasteiger partial charge in [0.25, 0.3) is 6.43 Å². The Bertz CT molecular complexity index is 324. The second-order valence-electron chi connectivity index (χ2n) is 5.33. The van der Waals surface area contributed by atoms with E-state index in [1.54, 1.807) is 0 Å². The Balaban J connectivity index is 0.00000220. The molecule has 1 atom stereocenters. The summed E-state index contributed by atoms with van der Waals surface area (Å²) >= 11 is 0. The van der Waals surface area contributed by atoms with E-state index in [1.807, 2.05) is 4.90 Å². The van der Waals surface area contributed by atoms with Crippen LogP contribution in [0.25, 0.3) is 0 Å². The fourth-order valence-corrected chi connectivity index (χ4v) is 2.86. The number of hydrogen-bond acceptors (Lipinski definition) is 4. The lowest BCUT2D eigenvalue weighted by atomic mass is 10.0. The lowest BCUT2D eigenvalue weighted by Crippen LogP contribution is -2.57. The third-order valence-electron chi connectivity index (χ3n) is 3.84. The lowest BCUT2D eigenvalue weighted by molar-refractivity contribution is -0.135. The highest BCUT2D eigenvalue weighted by molar-refractivity contribution is 5.85. The maximum absolute atomic E-state index is 12.0. The average Bonchev–Trinajstić information content (AvgIpc) is 2.44. The monoisotopic (exact) mass is 327 g/mol. The van der Waals surface area contributed by atoms with Crippen LogP contribution in [0.3, 0.4) is 0 Å². The molecule has 0 radical (unpaired) electrons. The fraction of sp³-hybridized carbons (Fsp3) is 0.923. The van der Waals surface area contributed by atoms with Crippen molar-refractivity contribution in [1.82, 2.24) is 15.1 Å². The van der Waals surface area contributed by atoms with Crippen molar-refractivity contribution in [3.05, 3.63) is 0 Å². The minimum atomic E-state index is -2.40. The third-order valence-corrected chi connectivity index (χ3v) is 3.84. The largest absolute Gasteiger partial charge is 0.374 e. The molecule has 0 aliphatic carbocycles. The van der Waals surface area contributed by atoms with Crippen LogP contribution < -0.4 is 5.32 Å². The van der Waals surface area contributed by atoms with Crippen LogP contribution in [0.2, 0.25) is 0 Å². The smallest absolute Gasteiger partial charge is 0.261 e. The van der Waals surface area contributed by atoms with Crippen molar-refractivity contribution in [3.8, 4) is 0 Å². The first-order valence-corrected chi connectivity index (χ1v) is 7.25. The molecule has 0 spiro atoms. The molecule has 8 heteroatoms. The van der Waals surface area contributed by atoms with E-state index in [9.17, 15) is 13.6 Å². The molecule has 0 aromatic heterocycles. The fourth-order valence-electron chi connectivity index (χ4n) is 2.86. The van der Waals surface area contributed by atoms with E-state index in [0.29, 0.717) is 19.7 Å². The Morgan fingerprint density at radius 3 is 2.90 bits per heavy atom. The third kappa shape index (κ3) is 6.02. The van der Waals surface area contributed by atoms with Gasteiger partial charge in [0.05, 0.1) is 13.2 Å². The number of piperazine rings is 1. The number of ether oxygens (including phenoxy) is 1. The summed E-state index contributed by atoms with van der Waals surface area (Å²) in [5.74, 6) is 0.164. The second-order valence-corrected chi connectivity index (χ2v) is 5.33. The first-order valence-electron chi connectivity index (χ1n) is 7.25. The summed E-state index contributed by atoms with van der Waals surface area (Å²) in [5.41, 5.74) is 0. The van der Waals surface area contributed by atoms with E-state index >= 15 is 0 Å². The van der Waals surface area contributed by atoms with Crippen molar-refractivity contribution in [3.63, 3.8) is 0 Å². The van der Waals surface area contributed by atoms with Crippen LogP contribution in [0.5, 0.6) is 0 Å². The maximum Gasteiger partial charge on any atom is 0.261 e. The molecule has 124 valence electrons. The molecule has 0 bridgehead atoms. The maximum atomic E-state index is 12.0. The molecule has 2 fully saturated rings. The summed E-state index contributed by atoms with van der Waals surface area (Å²) in [6.07, 6.45) is -0.334. The number of likely N-dealkylation sites (tertiary alicyclic amines) is 1. The zero-order valence-corrected chi connectivity index (χ0v) is 12.9. The molecule has 2 rings (SSSR count). The van der Waals surface area contributed by atoms with Crippen LogP contribution in [0, 0.1) is 0 Å². The Kier molecular flexibility index (Phi) is 8.39. The van der Waals surface area contributed by atoms with Crippen LogP contribution in [0.15, 0.2) is 0 Å². The van der Waals surface area contributed by atoms with Crippen LogP contribution in [0.4, 0.5) is 8.78 Å². The van der Waals surface area contributed by atoms with Crippen molar-refractivity contribution in [2.24, 2.45) is 0 Å². The first-order chi connectivity index (χ1) is 9.66. The Hall–Kier alpha value is -0.500. The molecule has 1 unspecified atom stereocenters. The number of halogens is 3. The second kappa shape index (κ2) is 9.50. The standard InChI is InChI=1S/C13H23F2N3O2.ClH/c14-12(15)10-20-7-6-17-4-1-2-11(9-17)18-5-3-16-8-13(18)19;/h11-12,16H,1-10H2;1H. The highest BCUT2D eigenvalue weighted by atomic mass is 35.5. The van der Waals surface area contributed by atoms with Gasteiger partial charge in [0.1, 0.15) is 6.61 Å². The summed E-state index contributed by atoms with van der Waals surface area (Å²) in [5, 5.41) is 3.07. The topological polar surface area (TPSA) is 44.8 Å². The molecule has 1 amide bonds. The number of hydrogen-bond donors (Lipinski definition) is 1. The number of piperidine rings is 1. The molecule has 21 heavy (non-hydrogen) atoms. The van der Waals surface area contributed by atoms with E-state index < -0.39 is 13.0 Å². The SMILES string of the molecule is Cl.O=C1CNCCN1C1CCCN(CCOCC(F)F)C1. The molecule has 2 heterocycles. The minimum absolute atomic E-state index is 0. The highest BCUT2D eigenvalue weighted by Gasteiger charge is 2.29. The molecule has 1 N–H and O–H groups in total. The summed E-state index contributed by atoms with van der Waals surface area (Å²) in [7, 11) is 0. The van der Waals surface area contributed by atoms with Crippen LogP contribution in [-0.2, 0) is 9.53 Å². The summed E-state index contributed by atoms with van der Waals surface area (Å²) in [4.78, 5) is 16.0. The van der Waals surface area contributed by atoms with Crippen LogP contribution in [0.1, 0.15) is 12.8 Å². The number of carbonyl (C=O) groups is 1. The predicted molar refractivity (Wildman–Crippen MR) is 78.1 cm³/mol. The molecule has 0 saturated carbocycles. The van der Waals surface area contributed by atoms with Gasteiger partial charge in [-0.1, -0.05) is 0 Å². The summed E-state index contributed by atoms with van der Waals surface area (Å²) in [6, 6.07) is 0.258. The normalized spacial score (nSPS) is 24.2. The van der Waals surface area contributed by atoms with Gasteiger partial charge in [-0.05, 0) is 19.4 Å².